The highest BCUT2D eigenvalue weighted by Gasteiger charge is 2.20. The minimum Gasteiger partial charge on any atom is -0.480 e. The maximum absolute atomic E-state index is 11.2. The average molecular weight is 199 g/mol. The lowest BCUT2D eigenvalue weighted by molar-refractivity contribution is -0.139. The highest BCUT2D eigenvalue weighted by Crippen LogP contribution is 1.93. The summed E-state index contributed by atoms with van der Waals surface area (Å²) in [6.45, 7) is 1.65. The second kappa shape index (κ2) is 4.30. The Balaban J connectivity index is 2.60. The molecule has 0 fully saturated rings. The Kier molecular flexibility index (Phi) is 3.10. The molecule has 8 nitrogen and oxygen atoms in total. The largest absolute Gasteiger partial charge is 0.480 e. The van der Waals surface area contributed by atoms with Gasteiger partial charge in [-0.15, -0.1) is 10.2 Å². The normalized spacial score (nSPS) is 12.1. The van der Waals surface area contributed by atoms with Gasteiger partial charge in [-0.25, -0.2) is 4.79 Å². The molecule has 0 saturated carbocycles. The Labute approximate surface area is 78.7 Å². The van der Waals surface area contributed by atoms with Gasteiger partial charge >= 0.3 is 5.97 Å². The first-order valence-corrected chi connectivity index (χ1v) is 3.92. The van der Waals surface area contributed by atoms with Crippen LogP contribution in [0.25, 0.3) is 0 Å². The molecule has 76 valence electrons. The number of aromatic nitrogens is 4. The van der Waals surface area contributed by atoms with Crippen molar-refractivity contribution in [3.05, 3.63) is 5.82 Å². The van der Waals surface area contributed by atoms with E-state index >= 15 is 0 Å². The Hall–Kier alpha value is -1.99. The summed E-state index contributed by atoms with van der Waals surface area (Å²) in [6.07, 6.45) is 0.291. The fourth-order valence-corrected chi connectivity index (χ4v) is 0.819. The summed E-state index contributed by atoms with van der Waals surface area (Å²) in [5.74, 6) is -1.93. The second-order valence-electron chi connectivity index (χ2n) is 2.51. The molecule has 0 spiro atoms. The number of nitrogens with zero attached hydrogens (tertiary/aromatic N) is 3. The molecule has 1 amide bonds. The molecule has 1 unspecified atom stereocenters. The van der Waals surface area contributed by atoms with Crippen molar-refractivity contribution in [2.24, 2.45) is 0 Å². The van der Waals surface area contributed by atoms with Crippen LogP contribution in [0.1, 0.15) is 24.0 Å². The lowest BCUT2D eigenvalue weighted by Gasteiger charge is -2.09. The van der Waals surface area contributed by atoms with Crippen LogP contribution in [0.15, 0.2) is 0 Å². The van der Waals surface area contributed by atoms with Crippen molar-refractivity contribution in [1.29, 1.82) is 0 Å². The Morgan fingerprint density at radius 1 is 1.64 bits per heavy atom. The standard InChI is InChI=1S/C6H9N5O3/c1-2-3(6(13)14)7-5(12)4-8-10-11-9-4/h3H,2H2,1H3,(H,7,12)(H,13,14)(H,8,9,10,11). The number of hydrogen-bond acceptors (Lipinski definition) is 5. The molecular formula is C6H9N5O3. The number of aromatic amines is 1. The summed E-state index contributed by atoms with van der Waals surface area (Å²) in [5, 5.41) is 23.0. The van der Waals surface area contributed by atoms with Crippen molar-refractivity contribution < 1.29 is 14.7 Å². The van der Waals surface area contributed by atoms with Crippen molar-refractivity contribution in [3.8, 4) is 0 Å². The highest BCUT2D eigenvalue weighted by atomic mass is 16.4. The number of rotatable bonds is 4. The van der Waals surface area contributed by atoms with Gasteiger partial charge in [0.1, 0.15) is 6.04 Å². The SMILES string of the molecule is CCC(NC(=O)c1nn[nH]n1)C(=O)O. The van der Waals surface area contributed by atoms with E-state index in [1.165, 1.54) is 0 Å². The molecule has 1 heterocycles. The molecule has 0 aromatic carbocycles. The maximum Gasteiger partial charge on any atom is 0.326 e. The number of carbonyl (C=O) groups excluding carboxylic acids is 1. The van der Waals surface area contributed by atoms with Gasteiger partial charge in [0.2, 0.25) is 0 Å². The van der Waals surface area contributed by atoms with Gasteiger partial charge in [0.25, 0.3) is 11.7 Å². The third-order valence-corrected chi connectivity index (χ3v) is 1.56. The summed E-state index contributed by atoms with van der Waals surface area (Å²) in [4.78, 5) is 21.8. The number of carboxylic acid groups (broad SMARTS) is 1. The Morgan fingerprint density at radius 2 is 2.36 bits per heavy atom. The molecule has 1 atom stereocenters. The van der Waals surface area contributed by atoms with E-state index in [2.05, 4.69) is 25.9 Å². The predicted octanol–water partition coefficient (Wildman–Crippen LogP) is -1.21. The lowest BCUT2D eigenvalue weighted by Crippen LogP contribution is -2.40. The van der Waals surface area contributed by atoms with Crippen LogP contribution in [0.4, 0.5) is 0 Å². The van der Waals surface area contributed by atoms with E-state index in [9.17, 15) is 9.59 Å². The van der Waals surface area contributed by atoms with Crippen LogP contribution in [0.3, 0.4) is 0 Å². The van der Waals surface area contributed by atoms with E-state index < -0.39 is 17.9 Å². The number of nitrogens with one attached hydrogen (secondary N) is 2. The van der Waals surface area contributed by atoms with Crippen molar-refractivity contribution in [3.63, 3.8) is 0 Å². The van der Waals surface area contributed by atoms with E-state index in [1.807, 2.05) is 0 Å². The number of amides is 1. The van der Waals surface area contributed by atoms with Crippen LogP contribution in [-0.4, -0.2) is 43.6 Å². The van der Waals surface area contributed by atoms with Crippen molar-refractivity contribution in [1.82, 2.24) is 25.9 Å². The number of aliphatic carboxylic acids is 1. The van der Waals surface area contributed by atoms with Gasteiger partial charge in [-0.2, -0.15) is 5.21 Å². The van der Waals surface area contributed by atoms with Crippen LogP contribution in [0.5, 0.6) is 0 Å². The summed E-state index contributed by atoms with van der Waals surface area (Å²) in [6, 6.07) is -0.930. The zero-order valence-electron chi connectivity index (χ0n) is 7.39. The summed E-state index contributed by atoms with van der Waals surface area (Å²) < 4.78 is 0. The van der Waals surface area contributed by atoms with Crippen LogP contribution in [-0.2, 0) is 4.79 Å². The Morgan fingerprint density at radius 3 is 2.79 bits per heavy atom. The van der Waals surface area contributed by atoms with Crippen LogP contribution in [0.2, 0.25) is 0 Å². The zero-order valence-corrected chi connectivity index (χ0v) is 7.39. The van der Waals surface area contributed by atoms with Gasteiger partial charge < -0.3 is 10.4 Å². The minimum atomic E-state index is -1.09. The molecule has 0 aliphatic heterocycles. The maximum atomic E-state index is 11.2. The molecule has 1 aromatic rings. The first-order valence-electron chi connectivity index (χ1n) is 3.92. The smallest absolute Gasteiger partial charge is 0.326 e. The first-order chi connectivity index (χ1) is 6.65. The number of hydrogen-bond donors (Lipinski definition) is 3. The summed E-state index contributed by atoms with van der Waals surface area (Å²) in [7, 11) is 0. The molecule has 8 heteroatoms. The van der Waals surface area contributed by atoms with Gasteiger partial charge in [0, 0.05) is 0 Å². The first kappa shape index (κ1) is 10.1. The summed E-state index contributed by atoms with van der Waals surface area (Å²) >= 11 is 0. The summed E-state index contributed by atoms with van der Waals surface area (Å²) in [5.41, 5.74) is 0. The number of carboxylic acids is 1. The second-order valence-corrected chi connectivity index (χ2v) is 2.51. The molecule has 1 rings (SSSR count). The minimum absolute atomic E-state index is 0.176. The molecule has 0 radical (unpaired) electrons. The van der Waals surface area contributed by atoms with Crippen molar-refractivity contribution in [2.45, 2.75) is 19.4 Å². The van der Waals surface area contributed by atoms with E-state index in [4.69, 9.17) is 5.11 Å². The molecule has 0 saturated heterocycles. The average Bonchev–Trinajstić information content (AvgIpc) is 2.65. The van der Waals surface area contributed by atoms with Crippen molar-refractivity contribution in [2.75, 3.05) is 0 Å². The Bertz CT molecular complexity index is 322. The zero-order chi connectivity index (χ0) is 10.6. The fraction of sp³-hybridized carbons (Fsp3) is 0.500. The van der Waals surface area contributed by atoms with E-state index in [0.29, 0.717) is 6.42 Å². The third-order valence-electron chi connectivity index (χ3n) is 1.56. The topological polar surface area (TPSA) is 121 Å². The van der Waals surface area contributed by atoms with E-state index in [1.54, 1.807) is 6.92 Å². The van der Waals surface area contributed by atoms with E-state index in [0.717, 1.165) is 0 Å². The van der Waals surface area contributed by atoms with Gasteiger partial charge in [0.15, 0.2) is 0 Å². The molecule has 1 aromatic heterocycles. The number of carbonyl (C=O) groups is 2. The molecule has 14 heavy (non-hydrogen) atoms. The van der Waals surface area contributed by atoms with Gasteiger partial charge in [0.05, 0.1) is 0 Å². The van der Waals surface area contributed by atoms with Gasteiger partial charge in [-0.05, 0) is 11.6 Å². The quantitative estimate of drug-likeness (QED) is 0.559. The fourth-order valence-electron chi connectivity index (χ4n) is 0.819. The van der Waals surface area contributed by atoms with Crippen LogP contribution in [0, 0.1) is 0 Å². The van der Waals surface area contributed by atoms with Gasteiger partial charge in [-0.3, -0.25) is 4.79 Å². The van der Waals surface area contributed by atoms with Crippen LogP contribution >= 0.6 is 0 Å². The third kappa shape index (κ3) is 2.25. The number of tetrazole rings is 1. The van der Waals surface area contributed by atoms with E-state index in [-0.39, 0.29) is 5.82 Å². The molecular weight excluding hydrogens is 190 g/mol. The molecule has 0 aliphatic carbocycles. The number of H-pyrrole nitrogens is 1. The monoisotopic (exact) mass is 199 g/mol. The predicted molar refractivity (Wildman–Crippen MR) is 43.4 cm³/mol. The lowest BCUT2D eigenvalue weighted by atomic mass is 10.2. The van der Waals surface area contributed by atoms with Crippen LogP contribution < -0.4 is 5.32 Å². The molecule has 0 bridgehead atoms. The molecule has 0 aliphatic rings. The van der Waals surface area contributed by atoms with Gasteiger partial charge in [-0.1, -0.05) is 6.92 Å². The molecule has 3 N–H and O–H groups in total. The highest BCUT2D eigenvalue weighted by molar-refractivity contribution is 5.93. The van der Waals surface area contributed by atoms with Crippen molar-refractivity contribution >= 4 is 11.9 Å².